The van der Waals surface area contributed by atoms with Crippen molar-refractivity contribution >= 4 is 0 Å². The molecule has 0 amide bonds. The molecule has 0 aromatic rings. The summed E-state index contributed by atoms with van der Waals surface area (Å²) in [5, 5.41) is 3.54. The molecule has 4 heteroatoms. The quantitative estimate of drug-likeness (QED) is 0.501. The van der Waals surface area contributed by atoms with Crippen LogP contribution in [0.2, 0.25) is 0 Å². The van der Waals surface area contributed by atoms with Crippen molar-refractivity contribution in [3.05, 3.63) is 0 Å². The van der Waals surface area contributed by atoms with Gasteiger partial charge in [0.1, 0.15) is 0 Å². The fourth-order valence-electron chi connectivity index (χ4n) is 3.07. The molecular formula is C8H11NO3. The fourth-order valence-corrected chi connectivity index (χ4v) is 3.07. The maximum Gasteiger partial charge on any atom is 0.180 e. The smallest absolute Gasteiger partial charge is 0.180 e. The molecule has 4 fully saturated rings. The molecule has 0 aromatic heterocycles. The molecular weight excluding hydrogens is 158 g/mol. The van der Waals surface area contributed by atoms with Gasteiger partial charge < -0.3 is 14.2 Å². The van der Waals surface area contributed by atoms with Crippen LogP contribution in [0.5, 0.6) is 0 Å². The maximum absolute atomic E-state index is 5.65. The van der Waals surface area contributed by atoms with E-state index in [0.717, 1.165) is 26.1 Å². The van der Waals surface area contributed by atoms with Crippen molar-refractivity contribution in [2.75, 3.05) is 13.2 Å². The summed E-state index contributed by atoms with van der Waals surface area (Å²) in [6.45, 7) is 1.65. The summed E-state index contributed by atoms with van der Waals surface area (Å²) in [6.07, 6.45) is 2.08. The van der Waals surface area contributed by atoms with Crippen LogP contribution in [-0.2, 0) is 14.2 Å². The van der Waals surface area contributed by atoms with E-state index in [0.29, 0.717) is 0 Å². The number of morpholine rings is 1. The molecule has 0 aromatic carbocycles. The SMILES string of the molecule is C1CC23NC24CCOC4OC3O1. The highest BCUT2D eigenvalue weighted by Gasteiger charge is 2.83. The van der Waals surface area contributed by atoms with E-state index in [1.807, 2.05) is 0 Å². The fraction of sp³-hybridized carbons (Fsp3) is 1.00. The molecule has 4 rings (SSSR count). The molecule has 1 N–H and O–H groups in total. The molecule has 12 heavy (non-hydrogen) atoms. The molecule has 4 nitrogen and oxygen atoms in total. The molecule has 0 saturated carbocycles. The van der Waals surface area contributed by atoms with E-state index in [1.54, 1.807) is 0 Å². The van der Waals surface area contributed by atoms with Crippen LogP contribution in [0.3, 0.4) is 0 Å². The summed E-state index contributed by atoms with van der Waals surface area (Å²) in [5.74, 6) is 0. The summed E-state index contributed by atoms with van der Waals surface area (Å²) in [6, 6.07) is 0. The van der Waals surface area contributed by atoms with E-state index in [4.69, 9.17) is 14.2 Å². The summed E-state index contributed by atoms with van der Waals surface area (Å²) >= 11 is 0. The van der Waals surface area contributed by atoms with Gasteiger partial charge in [0, 0.05) is 0 Å². The zero-order valence-electron chi connectivity index (χ0n) is 6.71. The Labute approximate surface area is 70.2 Å². The minimum absolute atomic E-state index is 0.0391. The van der Waals surface area contributed by atoms with Crippen LogP contribution < -0.4 is 5.32 Å². The van der Waals surface area contributed by atoms with Gasteiger partial charge in [0.15, 0.2) is 12.6 Å². The van der Waals surface area contributed by atoms with Crippen LogP contribution in [0.25, 0.3) is 0 Å². The Hall–Kier alpha value is -0.160. The van der Waals surface area contributed by atoms with Crippen molar-refractivity contribution in [1.29, 1.82) is 0 Å². The third-order valence-electron chi connectivity index (χ3n) is 3.76. The minimum atomic E-state index is -0.0391. The maximum atomic E-state index is 5.65. The zero-order chi connectivity index (χ0) is 7.81. The highest BCUT2D eigenvalue weighted by Crippen LogP contribution is 2.61. The van der Waals surface area contributed by atoms with Crippen LogP contribution >= 0.6 is 0 Å². The van der Waals surface area contributed by atoms with Gasteiger partial charge in [-0.2, -0.15) is 0 Å². The third-order valence-corrected chi connectivity index (χ3v) is 3.76. The molecule has 0 aliphatic carbocycles. The lowest BCUT2D eigenvalue weighted by atomic mass is 9.91. The zero-order valence-corrected chi connectivity index (χ0v) is 6.71. The summed E-state index contributed by atoms with van der Waals surface area (Å²) in [7, 11) is 0. The van der Waals surface area contributed by atoms with Crippen LogP contribution in [0.1, 0.15) is 12.8 Å². The monoisotopic (exact) mass is 169 g/mol. The number of hydrogen-bond acceptors (Lipinski definition) is 4. The minimum Gasteiger partial charge on any atom is -0.350 e. The van der Waals surface area contributed by atoms with Gasteiger partial charge in [0.05, 0.1) is 24.3 Å². The second kappa shape index (κ2) is 1.57. The molecule has 66 valence electrons. The first-order valence-electron chi connectivity index (χ1n) is 4.55. The molecule has 4 aliphatic heterocycles. The first-order valence-corrected chi connectivity index (χ1v) is 4.55. The Kier molecular flexibility index (Phi) is 0.828. The van der Waals surface area contributed by atoms with Crippen molar-refractivity contribution in [2.45, 2.75) is 36.5 Å². The molecule has 4 aliphatic rings. The lowest BCUT2D eigenvalue weighted by molar-refractivity contribution is -0.201. The third kappa shape index (κ3) is 0.419. The normalized spacial score (nSPS) is 66.0. The first-order chi connectivity index (χ1) is 5.87. The molecule has 2 spiro atoms. The van der Waals surface area contributed by atoms with Crippen LogP contribution in [0, 0.1) is 0 Å². The molecule has 0 bridgehead atoms. The Morgan fingerprint density at radius 1 is 1.00 bits per heavy atom. The van der Waals surface area contributed by atoms with Gasteiger partial charge in [-0.3, -0.25) is 5.32 Å². The summed E-state index contributed by atoms with van der Waals surface area (Å²) in [5.41, 5.74) is 0.266. The molecule has 0 radical (unpaired) electrons. The van der Waals surface area contributed by atoms with E-state index in [1.165, 1.54) is 0 Å². The van der Waals surface area contributed by atoms with E-state index in [2.05, 4.69) is 5.32 Å². The average molecular weight is 169 g/mol. The van der Waals surface area contributed by atoms with Gasteiger partial charge >= 0.3 is 0 Å². The van der Waals surface area contributed by atoms with Crippen LogP contribution in [-0.4, -0.2) is 36.9 Å². The number of ether oxygens (including phenoxy) is 3. The standard InChI is InChI=1S/C8H11NO3/c1-3-10-5-7(1)8(9-7)2-4-11-6(8)12-5/h5-6,9H,1-4H2. The predicted molar refractivity (Wildman–Crippen MR) is 38.4 cm³/mol. The van der Waals surface area contributed by atoms with Crippen LogP contribution in [0.4, 0.5) is 0 Å². The number of hydrogen-bond donors (Lipinski definition) is 1. The molecule has 4 unspecified atom stereocenters. The van der Waals surface area contributed by atoms with Crippen LogP contribution in [0.15, 0.2) is 0 Å². The Balaban J connectivity index is 1.83. The van der Waals surface area contributed by atoms with Gasteiger partial charge in [-0.15, -0.1) is 0 Å². The predicted octanol–water partition coefficient (Wildman–Crippen LogP) is -0.410. The van der Waals surface area contributed by atoms with Crippen molar-refractivity contribution in [1.82, 2.24) is 5.32 Å². The number of nitrogens with one attached hydrogen (secondary N) is 1. The van der Waals surface area contributed by atoms with Gasteiger partial charge in [-0.05, 0) is 12.8 Å². The summed E-state index contributed by atoms with van der Waals surface area (Å²) in [4.78, 5) is 0. The van der Waals surface area contributed by atoms with E-state index >= 15 is 0 Å². The largest absolute Gasteiger partial charge is 0.350 e. The second-order valence-electron chi connectivity index (χ2n) is 4.11. The van der Waals surface area contributed by atoms with Gasteiger partial charge in [-0.1, -0.05) is 0 Å². The molecule has 4 heterocycles. The molecule has 4 atom stereocenters. The van der Waals surface area contributed by atoms with Gasteiger partial charge in [0.2, 0.25) is 0 Å². The van der Waals surface area contributed by atoms with Crippen molar-refractivity contribution in [2.24, 2.45) is 0 Å². The van der Waals surface area contributed by atoms with Crippen molar-refractivity contribution in [3.63, 3.8) is 0 Å². The highest BCUT2D eigenvalue weighted by molar-refractivity contribution is 5.35. The lowest BCUT2D eigenvalue weighted by Gasteiger charge is -2.14. The second-order valence-corrected chi connectivity index (χ2v) is 4.11. The Morgan fingerprint density at radius 2 is 1.58 bits per heavy atom. The Bertz CT molecular complexity index is 235. The highest BCUT2D eigenvalue weighted by atomic mass is 16.8. The van der Waals surface area contributed by atoms with E-state index in [9.17, 15) is 0 Å². The summed E-state index contributed by atoms with van der Waals surface area (Å²) < 4.78 is 16.6. The van der Waals surface area contributed by atoms with Gasteiger partial charge in [0.25, 0.3) is 0 Å². The topological polar surface area (TPSA) is 49.6 Å². The van der Waals surface area contributed by atoms with E-state index < -0.39 is 0 Å². The molecule has 4 saturated heterocycles. The Morgan fingerprint density at radius 3 is 2.17 bits per heavy atom. The average Bonchev–Trinajstić information content (AvgIpc) is 2.42. The number of rotatable bonds is 0. The lowest BCUT2D eigenvalue weighted by Crippen LogP contribution is -2.29. The van der Waals surface area contributed by atoms with Gasteiger partial charge in [-0.25, -0.2) is 0 Å². The first kappa shape index (κ1) is 6.32. The van der Waals surface area contributed by atoms with Crippen molar-refractivity contribution in [3.8, 4) is 0 Å². The van der Waals surface area contributed by atoms with E-state index in [-0.39, 0.29) is 23.7 Å². The van der Waals surface area contributed by atoms with Crippen molar-refractivity contribution < 1.29 is 14.2 Å².